The van der Waals surface area contributed by atoms with Gasteiger partial charge >= 0.3 is 5.69 Å². The van der Waals surface area contributed by atoms with Crippen molar-refractivity contribution < 1.29 is 8.78 Å². The lowest BCUT2D eigenvalue weighted by atomic mass is 10.1. The zero-order valence-corrected chi connectivity index (χ0v) is 19.9. The molecule has 0 radical (unpaired) electrons. The van der Waals surface area contributed by atoms with Crippen molar-refractivity contribution in [1.29, 1.82) is 0 Å². The number of hydrogen-bond acceptors (Lipinski definition) is 4. The summed E-state index contributed by atoms with van der Waals surface area (Å²) >= 11 is 0. The van der Waals surface area contributed by atoms with Crippen molar-refractivity contribution in [2.24, 2.45) is 16.5 Å². The number of nitrogens with zero attached hydrogens (tertiary/aromatic N) is 3. The second kappa shape index (κ2) is 14.0. The van der Waals surface area contributed by atoms with E-state index in [2.05, 4.69) is 20.3 Å². The van der Waals surface area contributed by atoms with Crippen LogP contribution in [0.25, 0.3) is 16.7 Å². The number of aromatic amines is 1. The first kappa shape index (κ1) is 27.8. The topological polar surface area (TPSA) is 127 Å². The van der Waals surface area contributed by atoms with Gasteiger partial charge in [-0.25, -0.2) is 13.6 Å². The molecule has 2 aromatic heterocycles. The number of nitrogens with one attached hydrogen (secondary N) is 2. The first-order chi connectivity index (χ1) is 15.8. The summed E-state index contributed by atoms with van der Waals surface area (Å²) in [5.41, 5.74) is 12.4. The lowest BCUT2D eigenvalue weighted by Crippen LogP contribution is -2.29. The van der Waals surface area contributed by atoms with E-state index in [0.717, 1.165) is 11.1 Å². The van der Waals surface area contributed by atoms with Gasteiger partial charge in [-0.3, -0.25) is 9.56 Å². The smallest absolute Gasteiger partial charge is 0.354 e. The van der Waals surface area contributed by atoms with E-state index in [9.17, 15) is 13.6 Å². The minimum atomic E-state index is -2.59. The third-order valence-electron chi connectivity index (χ3n) is 4.42. The van der Waals surface area contributed by atoms with Crippen LogP contribution in [0.5, 0.6) is 0 Å². The molecule has 10 heteroatoms. The standard InChI is InChI=1S/C19H23F2N7O.2C2H6/c1-11-9-13-10-28(19(29)27-17(13)26-11)14-5-3-12(4-6-14)15(16(20)21)24-7-2-8-25-18(22)23;2*1-2/h3-6,9-10,15-16,24H,2,7-8H2,1H3,(H4,22,23,25)(H,26,27,29);2*1-2H3. The van der Waals surface area contributed by atoms with Gasteiger partial charge < -0.3 is 21.8 Å². The molecular weight excluding hydrogens is 428 g/mol. The number of alkyl halides is 2. The number of guanidine groups is 1. The number of nitrogens with two attached hydrogens (primary N) is 2. The summed E-state index contributed by atoms with van der Waals surface area (Å²) in [6, 6.07) is 7.15. The fraction of sp³-hybridized carbons (Fsp3) is 0.435. The van der Waals surface area contributed by atoms with Crippen molar-refractivity contribution in [3.8, 4) is 5.69 Å². The fourth-order valence-corrected chi connectivity index (χ4v) is 3.06. The van der Waals surface area contributed by atoms with Gasteiger partial charge in [0.2, 0.25) is 0 Å². The Hall–Kier alpha value is -3.27. The van der Waals surface area contributed by atoms with Crippen LogP contribution >= 0.6 is 0 Å². The van der Waals surface area contributed by atoms with Gasteiger partial charge in [0.15, 0.2) is 5.96 Å². The zero-order chi connectivity index (χ0) is 25.0. The minimum Gasteiger partial charge on any atom is -0.370 e. The van der Waals surface area contributed by atoms with Crippen molar-refractivity contribution in [3.63, 3.8) is 0 Å². The van der Waals surface area contributed by atoms with Crippen molar-refractivity contribution in [2.75, 3.05) is 13.1 Å². The number of rotatable bonds is 8. The molecule has 8 nitrogen and oxygen atoms in total. The van der Waals surface area contributed by atoms with Crippen molar-refractivity contribution in [1.82, 2.24) is 19.9 Å². The van der Waals surface area contributed by atoms with E-state index in [1.54, 1.807) is 30.5 Å². The molecule has 0 spiro atoms. The monoisotopic (exact) mass is 463 g/mol. The maximum absolute atomic E-state index is 13.5. The lowest BCUT2D eigenvalue weighted by molar-refractivity contribution is 0.0984. The predicted molar refractivity (Wildman–Crippen MR) is 131 cm³/mol. The largest absolute Gasteiger partial charge is 0.370 e. The van der Waals surface area contributed by atoms with Gasteiger partial charge in [0.25, 0.3) is 6.43 Å². The molecule has 182 valence electrons. The maximum Gasteiger partial charge on any atom is 0.354 e. The number of aromatic nitrogens is 3. The Balaban J connectivity index is 0.00000129. The van der Waals surface area contributed by atoms with Gasteiger partial charge in [-0.1, -0.05) is 39.8 Å². The second-order valence-electron chi connectivity index (χ2n) is 6.67. The van der Waals surface area contributed by atoms with Gasteiger partial charge in [-0.2, -0.15) is 4.98 Å². The van der Waals surface area contributed by atoms with Gasteiger partial charge in [0, 0.05) is 23.8 Å². The highest BCUT2D eigenvalue weighted by atomic mass is 19.3. The molecule has 1 unspecified atom stereocenters. The number of aryl methyl sites for hydroxylation is 1. The van der Waals surface area contributed by atoms with Crippen LogP contribution in [0.15, 0.2) is 46.3 Å². The van der Waals surface area contributed by atoms with Crippen molar-refractivity contribution in [3.05, 3.63) is 58.3 Å². The van der Waals surface area contributed by atoms with Gasteiger partial charge in [0.1, 0.15) is 5.65 Å². The van der Waals surface area contributed by atoms with Crippen LogP contribution in [-0.4, -0.2) is 40.0 Å². The number of benzene rings is 1. The van der Waals surface area contributed by atoms with E-state index < -0.39 is 18.2 Å². The van der Waals surface area contributed by atoms with Crippen LogP contribution in [0.1, 0.15) is 51.4 Å². The van der Waals surface area contributed by atoms with E-state index in [0.29, 0.717) is 36.4 Å². The highest BCUT2D eigenvalue weighted by Gasteiger charge is 2.21. The Morgan fingerprint density at radius 1 is 1.18 bits per heavy atom. The van der Waals surface area contributed by atoms with Crippen LogP contribution in [0.2, 0.25) is 0 Å². The molecule has 0 aliphatic heterocycles. The van der Waals surface area contributed by atoms with Crippen molar-refractivity contribution in [2.45, 2.75) is 53.5 Å². The first-order valence-electron chi connectivity index (χ1n) is 11.1. The number of H-pyrrole nitrogens is 1. The molecule has 0 fully saturated rings. The average molecular weight is 464 g/mol. The van der Waals surface area contributed by atoms with Gasteiger partial charge in [-0.05, 0) is 43.7 Å². The summed E-state index contributed by atoms with van der Waals surface area (Å²) in [7, 11) is 0. The summed E-state index contributed by atoms with van der Waals surface area (Å²) in [6.45, 7) is 10.6. The molecule has 0 saturated heterocycles. The summed E-state index contributed by atoms with van der Waals surface area (Å²) in [5.74, 6) is -0.0243. The van der Waals surface area contributed by atoms with Crippen LogP contribution in [-0.2, 0) is 0 Å². The summed E-state index contributed by atoms with van der Waals surface area (Å²) in [5, 5.41) is 3.61. The Morgan fingerprint density at radius 2 is 1.82 bits per heavy atom. The number of aliphatic imine (C=N–C) groups is 1. The molecule has 1 atom stereocenters. The number of hydrogen-bond donors (Lipinski definition) is 4. The molecule has 0 saturated carbocycles. The van der Waals surface area contributed by atoms with Crippen LogP contribution in [0.4, 0.5) is 8.78 Å². The van der Waals surface area contributed by atoms with E-state index in [1.807, 2.05) is 40.7 Å². The van der Waals surface area contributed by atoms with Gasteiger partial charge in [0.05, 0.1) is 11.7 Å². The first-order valence-corrected chi connectivity index (χ1v) is 11.1. The maximum atomic E-state index is 13.5. The molecular formula is C23H35F2N7O. The molecule has 0 aliphatic rings. The van der Waals surface area contributed by atoms with Crippen LogP contribution < -0.4 is 22.5 Å². The van der Waals surface area contributed by atoms with E-state index >= 15 is 0 Å². The van der Waals surface area contributed by atoms with E-state index in [-0.39, 0.29) is 5.96 Å². The second-order valence-corrected chi connectivity index (χ2v) is 6.67. The Bertz CT molecular complexity index is 1050. The van der Waals surface area contributed by atoms with Gasteiger partial charge in [-0.15, -0.1) is 0 Å². The Morgan fingerprint density at radius 3 is 2.39 bits per heavy atom. The molecule has 0 amide bonds. The minimum absolute atomic E-state index is 0.0243. The number of fused-ring (bicyclic) bond motifs is 1. The highest BCUT2D eigenvalue weighted by molar-refractivity contribution is 5.76. The van der Waals surface area contributed by atoms with E-state index in [1.165, 1.54) is 4.57 Å². The fourth-order valence-electron chi connectivity index (χ4n) is 3.06. The zero-order valence-electron chi connectivity index (χ0n) is 19.9. The summed E-state index contributed by atoms with van der Waals surface area (Å²) in [4.78, 5) is 23.1. The molecule has 6 N–H and O–H groups in total. The van der Waals surface area contributed by atoms with Crippen molar-refractivity contribution >= 4 is 17.0 Å². The molecule has 3 aromatic rings. The highest BCUT2D eigenvalue weighted by Crippen LogP contribution is 2.22. The quantitative estimate of drug-likeness (QED) is 0.230. The molecule has 3 rings (SSSR count). The van der Waals surface area contributed by atoms with E-state index in [4.69, 9.17) is 11.5 Å². The third kappa shape index (κ3) is 7.98. The SMILES string of the molecule is CC.CC.Cc1cc2cn(-c3ccc(C(NCCCN=C(N)N)C(F)F)cc3)c(=O)nc2[nH]1. The predicted octanol–water partition coefficient (Wildman–Crippen LogP) is 3.63. The molecule has 33 heavy (non-hydrogen) atoms. The molecule has 2 heterocycles. The normalized spacial score (nSPS) is 11.3. The van der Waals surface area contributed by atoms with Crippen LogP contribution in [0.3, 0.4) is 0 Å². The molecule has 1 aromatic carbocycles. The third-order valence-corrected chi connectivity index (χ3v) is 4.42. The molecule has 0 bridgehead atoms. The average Bonchev–Trinajstić information content (AvgIpc) is 3.17. The summed E-state index contributed by atoms with van der Waals surface area (Å²) < 4.78 is 28.4. The Labute approximate surface area is 193 Å². The van der Waals surface area contributed by atoms with Crippen LogP contribution in [0, 0.1) is 6.92 Å². The number of halogens is 2. The lowest BCUT2D eigenvalue weighted by Gasteiger charge is -2.18. The summed E-state index contributed by atoms with van der Waals surface area (Å²) in [6.07, 6.45) is -0.390. The Kier molecular flexibility index (Phi) is 11.8. The molecule has 0 aliphatic carbocycles.